The number of ketones is 4. The zero-order chi connectivity index (χ0) is 103. The van der Waals surface area contributed by atoms with E-state index in [0.717, 1.165) is 67.1 Å². The summed E-state index contributed by atoms with van der Waals surface area (Å²) in [4.78, 5) is 106. The molecule has 0 spiro atoms. The number of aliphatic hydroxyl groups is 1. The number of carbonyl (C=O) groups is 8. The number of benzene rings is 8. The molecule has 4 fully saturated rings. The molecule has 12 aromatic rings. The van der Waals surface area contributed by atoms with Crippen molar-refractivity contribution in [1.82, 2.24) is 37.9 Å². The van der Waals surface area contributed by atoms with Crippen LogP contribution in [0.1, 0.15) is 184 Å². The van der Waals surface area contributed by atoms with Gasteiger partial charge in [-0.2, -0.15) is 52.7 Å². The summed E-state index contributed by atoms with van der Waals surface area (Å²) >= 11 is 52.4. The topological polar surface area (TPSA) is 199 Å². The molecule has 8 aromatic carbocycles. The number of carbonyl (C=O) groups excluding carboxylic acids is 8. The summed E-state index contributed by atoms with van der Waals surface area (Å²) in [5, 5.41) is 15.1. The molecule has 4 aliphatic rings. The molecule has 744 valence electrons. The van der Waals surface area contributed by atoms with Gasteiger partial charge in [-0.1, -0.05) is 92.8 Å². The zero-order valence-corrected chi connectivity index (χ0v) is 84.0. The van der Waals surface area contributed by atoms with Crippen molar-refractivity contribution in [2.45, 2.75) is 143 Å². The van der Waals surface area contributed by atoms with Crippen LogP contribution in [-0.2, 0) is 102 Å². The maximum Gasteiger partial charge on any atom is 0.416 e. The van der Waals surface area contributed by atoms with Crippen LogP contribution in [0.15, 0.2) is 121 Å². The first-order valence-electron chi connectivity index (χ1n) is 44.3. The van der Waals surface area contributed by atoms with Crippen molar-refractivity contribution in [2.24, 2.45) is 45.9 Å². The summed E-state index contributed by atoms with van der Waals surface area (Å²) in [6, 6.07) is 28.8. The van der Waals surface area contributed by atoms with Crippen LogP contribution in [0.4, 0.5) is 52.7 Å². The van der Waals surface area contributed by atoms with E-state index in [2.05, 4.69) is 0 Å². The van der Waals surface area contributed by atoms with E-state index in [1.54, 1.807) is 132 Å². The van der Waals surface area contributed by atoms with Gasteiger partial charge < -0.3 is 52.5 Å². The standard InChI is InChI=1S/C26H25Cl2F3N2O3.C26H25Cl2F3N2O2.C25H23Cl2F3N2O3.C25H23Cl2F3N2O2/c1-13-8-15(26(29,30)31)9-22-18(13)10-16(32(22)3)11-19-21(27)5-4-17(24(19)28)25(36)33-7-6-23(35)20(12-33)14(2)34;1-14-9-17(26(29,30)31)10-23-20(14)11-18(32(23)3)12-21-22(27)7-6-19(24(21)28)25(35)33-8-4-5-16(13-33)15(2)34;1-13-7-15(25(28,29)30)8-21-18(13)9-16(31(21)3)10-19-20(26)6-5-17(22(19)27)23(34)32-11-24(12-32,35-4)14(2)33;1-13-6-16(25(28,29)30)8-22-19(13)9-17(31(22)3)10-20-21(26)5-4-18(23(20)27)24(34)32-11-15(12-32)7-14(2)33/h4-5,8-10,20,23,35H,6-7,11-12H2,1-3H3;6-7,9-11,16H,4-5,8,12-13H2,1-3H3;5-9H,10-12H2,1-4H3;4-6,8-9,15H,7,10-12H2,1-3H3. The highest BCUT2D eigenvalue weighted by atomic mass is 35.5. The highest BCUT2D eigenvalue weighted by Crippen LogP contribution is 2.45. The van der Waals surface area contributed by atoms with Crippen LogP contribution in [0, 0.1) is 45.4 Å². The molecule has 4 saturated heterocycles. The second-order valence-electron chi connectivity index (χ2n) is 36.4. The number of hydrogen-bond acceptors (Lipinski definition) is 10. The quantitative estimate of drug-likeness (QED) is 0.0806. The molecule has 140 heavy (non-hydrogen) atoms. The Morgan fingerprint density at radius 2 is 0.679 bits per heavy atom. The van der Waals surface area contributed by atoms with Gasteiger partial charge in [-0.05, 0) is 240 Å². The lowest BCUT2D eigenvalue weighted by Crippen LogP contribution is -2.67. The van der Waals surface area contributed by atoms with E-state index in [1.165, 1.54) is 56.7 Å². The zero-order valence-electron chi connectivity index (χ0n) is 77.9. The lowest BCUT2D eigenvalue weighted by atomic mass is 9.89. The first-order valence-corrected chi connectivity index (χ1v) is 47.3. The molecular formula is C102H96Cl8F12N8O10. The highest BCUT2D eigenvalue weighted by Gasteiger charge is 2.50. The molecule has 0 radical (unpaired) electrons. The monoisotopic (exact) mass is 2100 g/mol. The van der Waals surface area contributed by atoms with E-state index in [9.17, 15) is 96.1 Å². The lowest BCUT2D eigenvalue weighted by Gasteiger charge is -2.47. The van der Waals surface area contributed by atoms with Gasteiger partial charge >= 0.3 is 24.7 Å². The molecule has 1 N–H and O–H groups in total. The van der Waals surface area contributed by atoms with Crippen LogP contribution in [0.3, 0.4) is 0 Å². The van der Waals surface area contributed by atoms with Gasteiger partial charge in [0.25, 0.3) is 23.6 Å². The molecule has 38 heteroatoms. The first kappa shape index (κ1) is 107. The van der Waals surface area contributed by atoms with E-state index >= 15 is 0 Å². The predicted molar refractivity (Wildman–Crippen MR) is 519 cm³/mol. The fourth-order valence-electron chi connectivity index (χ4n) is 18.6. The number of fused-ring (bicyclic) bond motifs is 4. The molecule has 4 amide bonds. The molecule has 3 unspecified atom stereocenters. The largest absolute Gasteiger partial charge is 0.416 e. The lowest BCUT2D eigenvalue weighted by molar-refractivity contribution is -0.156. The Balaban J connectivity index is 0.000000157. The number of alkyl halides is 12. The van der Waals surface area contributed by atoms with Crippen LogP contribution < -0.4 is 0 Å². The Bertz CT molecular complexity index is 7000. The van der Waals surface area contributed by atoms with Crippen LogP contribution in [-0.4, -0.2) is 161 Å². The van der Waals surface area contributed by atoms with E-state index in [4.69, 9.17) is 97.5 Å². The molecule has 0 bridgehead atoms. The molecule has 3 atom stereocenters. The summed E-state index contributed by atoms with van der Waals surface area (Å²) < 4.78 is 172. The SMILES string of the molecule is CC(=O)C1CCCN(C(=O)c2ccc(Cl)c(Cc3cc4c(C)cc(C(F)(F)F)cc4n3C)c2Cl)C1.CC(=O)C1CN(C(=O)c2ccc(Cl)c(Cc3cc4c(C)cc(C(F)(F)F)cc4n3C)c2Cl)CCC1O.CC(=O)CC1CN(C(=O)c2ccc(Cl)c(Cc3cc4c(C)cc(C(F)(F)F)cc4n3C)c2Cl)C1.COC1(C(C)=O)CN(C(=O)c2ccc(Cl)c(Cc3cc4c(C)cc(C(F)(F)F)cc4n3C)c2Cl)C1. The summed E-state index contributed by atoms with van der Waals surface area (Å²) in [7, 11) is 8.18. The van der Waals surface area contributed by atoms with Gasteiger partial charge in [0.1, 0.15) is 17.3 Å². The number of aliphatic hydroxyl groups excluding tert-OH is 1. The third kappa shape index (κ3) is 22.3. The summed E-state index contributed by atoms with van der Waals surface area (Å²) in [5.41, 5.74) is 5.84. The number of aryl methyl sites for hydroxylation is 8. The maximum absolute atomic E-state index is 13.3. The van der Waals surface area contributed by atoms with Crippen molar-refractivity contribution in [3.63, 3.8) is 0 Å². The Kier molecular flexibility index (Phi) is 31.9. The average Bonchev–Trinajstić information content (AvgIpc) is 1.75. The Morgan fingerprint density at radius 1 is 0.386 bits per heavy atom. The van der Waals surface area contributed by atoms with Crippen molar-refractivity contribution < 1.29 is 101 Å². The van der Waals surface area contributed by atoms with E-state index in [1.807, 2.05) is 12.1 Å². The third-order valence-corrected chi connectivity index (χ3v) is 30.1. The van der Waals surface area contributed by atoms with E-state index < -0.39 is 64.6 Å². The van der Waals surface area contributed by atoms with Crippen LogP contribution >= 0.6 is 92.8 Å². The molecule has 16 rings (SSSR count). The fraction of sp³-hybridized carbons (Fsp3) is 0.373. The normalized spacial score (nSPS) is 16.3. The van der Waals surface area contributed by atoms with Gasteiger partial charge in [-0.25, -0.2) is 0 Å². The Hall–Kier alpha value is -10.1. The van der Waals surface area contributed by atoms with Crippen molar-refractivity contribution in [1.29, 1.82) is 0 Å². The van der Waals surface area contributed by atoms with Crippen molar-refractivity contribution in [3.05, 3.63) is 273 Å². The average molecular weight is 2110 g/mol. The van der Waals surface area contributed by atoms with Gasteiger partial charge in [0.2, 0.25) is 0 Å². The summed E-state index contributed by atoms with van der Waals surface area (Å²) in [6.07, 6.45) is -15.5. The van der Waals surface area contributed by atoms with Crippen molar-refractivity contribution >= 4 is 183 Å². The first-order chi connectivity index (χ1) is 65.3. The second-order valence-corrected chi connectivity index (χ2v) is 39.5. The molecule has 18 nitrogen and oxygen atoms in total. The minimum Gasteiger partial charge on any atom is -0.392 e. The smallest absolute Gasteiger partial charge is 0.392 e. The minimum absolute atomic E-state index is 0.0603. The van der Waals surface area contributed by atoms with Crippen molar-refractivity contribution in [2.75, 3.05) is 59.5 Å². The van der Waals surface area contributed by atoms with Gasteiger partial charge in [0.15, 0.2) is 11.4 Å². The number of likely N-dealkylation sites (tertiary alicyclic amines) is 4. The summed E-state index contributed by atoms with van der Waals surface area (Å²) in [6.45, 7) is 14.9. The van der Waals surface area contributed by atoms with E-state index in [-0.39, 0.29) is 148 Å². The van der Waals surface area contributed by atoms with Crippen molar-refractivity contribution in [3.8, 4) is 0 Å². The van der Waals surface area contributed by atoms with Gasteiger partial charge in [0.05, 0.1) is 89.7 Å². The number of halogens is 20. The molecule has 8 heterocycles. The van der Waals surface area contributed by atoms with Crippen LogP contribution in [0.5, 0.6) is 0 Å². The number of amides is 4. The Morgan fingerprint density at radius 3 is 0.950 bits per heavy atom. The molecule has 4 aromatic heterocycles. The van der Waals surface area contributed by atoms with Gasteiger partial charge in [-0.15, -0.1) is 0 Å². The van der Waals surface area contributed by atoms with Crippen LogP contribution in [0.2, 0.25) is 40.2 Å². The number of rotatable bonds is 18. The van der Waals surface area contributed by atoms with Gasteiger partial charge in [0, 0.05) is 205 Å². The van der Waals surface area contributed by atoms with Crippen LogP contribution in [0.25, 0.3) is 43.6 Å². The fourth-order valence-corrected chi connectivity index (χ4v) is 20.9. The number of hydrogen-bond donors (Lipinski definition) is 1. The highest BCUT2D eigenvalue weighted by molar-refractivity contribution is 6.40. The van der Waals surface area contributed by atoms with E-state index in [0.29, 0.717) is 169 Å². The number of aromatic nitrogens is 4. The molecule has 4 aliphatic heterocycles. The molecule has 0 aliphatic carbocycles. The predicted octanol–water partition coefficient (Wildman–Crippen LogP) is 24.9. The molecular weight excluding hydrogens is 2010 g/mol. The third-order valence-electron chi connectivity index (χ3n) is 27.0. The number of methoxy groups -OCH3 is 1. The van der Waals surface area contributed by atoms with Gasteiger partial charge in [-0.3, -0.25) is 33.6 Å². The number of ether oxygens (including phenoxy) is 1. The number of piperidine rings is 2. The number of Topliss-reactive ketones (excluding diaryl/α,β-unsaturated/α-hetero) is 4. The minimum atomic E-state index is -4.46. The second kappa shape index (κ2) is 41.7. The molecule has 0 saturated carbocycles. The maximum atomic E-state index is 13.3. The summed E-state index contributed by atoms with van der Waals surface area (Å²) in [5.74, 6) is -2.10. The number of nitrogens with zero attached hydrogens (tertiary/aromatic N) is 8. The Labute approximate surface area is 838 Å².